The van der Waals surface area contributed by atoms with E-state index in [1.54, 1.807) is 23.9 Å². The van der Waals surface area contributed by atoms with E-state index in [0.717, 1.165) is 10.5 Å². The van der Waals surface area contributed by atoms with Crippen LogP contribution in [0.15, 0.2) is 53.4 Å². The van der Waals surface area contributed by atoms with Gasteiger partial charge in [-0.3, -0.25) is 0 Å². The molecular weight excluding hydrogens is 311 g/mol. The van der Waals surface area contributed by atoms with Crippen LogP contribution in [-0.2, 0) is 0 Å². The van der Waals surface area contributed by atoms with E-state index in [9.17, 15) is 0 Å². The first-order valence-electron chi connectivity index (χ1n) is 5.86. The van der Waals surface area contributed by atoms with E-state index in [2.05, 4.69) is 6.07 Å². The van der Waals surface area contributed by atoms with Crippen LogP contribution in [0.3, 0.4) is 0 Å². The number of benzene rings is 2. The summed E-state index contributed by atoms with van der Waals surface area (Å²) in [5.74, 6) is 0. The Morgan fingerprint density at radius 1 is 1.20 bits per heavy atom. The maximum atomic E-state index is 9.13. The molecule has 0 unspecified atom stereocenters. The molecule has 0 saturated carbocycles. The summed E-state index contributed by atoms with van der Waals surface area (Å²) in [5.41, 5.74) is 7.63. The van der Waals surface area contributed by atoms with Crippen molar-refractivity contribution in [1.29, 1.82) is 5.26 Å². The van der Waals surface area contributed by atoms with Crippen LogP contribution >= 0.6 is 35.8 Å². The Morgan fingerprint density at radius 2 is 1.90 bits per heavy atom. The van der Waals surface area contributed by atoms with Gasteiger partial charge in [-0.15, -0.1) is 24.2 Å². The number of nitrogens with zero attached hydrogens (tertiary/aromatic N) is 1. The van der Waals surface area contributed by atoms with Crippen molar-refractivity contribution in [2.24, 2.45) is 5.73 Å². The molecule has 0 aromatic heterocycles. The van der Waals surface area contributed by atoms with E-state index < -0.39 is 0 Å². The summed E-state index contributed by atoms with van der Waals surface area (Å²) in [4.78, 5) is 0.870. The van der Waals surface area contributed by atoms with E-state index in [1.165, 1.54) is 0 Å². The highest BCUT2D eigenvalue weighted by atomic mass is 35.5. The van der Waals surface area contributed by atoms with Gasteiger partial charge in [0.25, 0.3) is 0 Å². The third kappa shape index (κ3) is 4.16. The lowest BCUT2D eigenvalue weighted by Gasteiger charge is -2.15. The molecule has 1 atom stereocenters. The highest BCUT2D eigenvalue weighted by Crippen LogP contribution is 2.37. The number of hydrogen-bond acceptors (Lipinski definition) is 3. The zero-order chi connectivity index (χ0) is 13.7. The van der Waals surface area contributed by atoms with Gasteiger partial charge in [0.1, 0.15) is 6.07 Å². The summed E-state index contributed by atoms with van der Waals surface area (Å²) in [6.07, 6.45) is 0. The van der Waals surface area contributed by atoms with Gasteiger partial charge >= 0.3 is 0 Å². The summed E-state index contributed by atoms with van der Waals surface area (Å²) in [5, 5.41) is 9.88. The van der Waals surface area contributed by atoms with Crippen molar-refractivity contribution in [3.05, 3.63) is 64.7 Å². The van der Waals surface area contributed by atoms with Gasteiger partial charge in [-0.05, 0) is 23.8 Å². The summed E-state index contributed by atoms with van der Waals surface area (Å²) in [6, 6.07) is 17.5. The van der Waals surface area contributed by atoms with Crippen LogP contribution in [0.2, 0.25) is 5.02 Å². The number of halogens is 2. The largest absolute Gasteiger partial charge is 0.329 e. The van der Waals surface area contributed by atoms with Crippen LogP contribution in [0.4, 0.5) is 0 Å². The molecular formula is C15H14Cl2N2S. The molecule has 0 saturated heterocycles. The number of nitrogens with two attached hydrogens (primary N) is 1. The molecule has 0 bridgehead atoms. The van der Waals surface area contributed by atoms with Gasteiger partial charge < -0.3 is 5.73 Å². The highest BCUT2D eigenvalue weighted by molar-refractivity contribution is 7.99. The van der Waals surface area contributed by atoms with Crippen molar-refractivity contribution >= 4 is 35.8 Å². The van der Waals surface area contributed by atoms with E-state index in [0.29, 0.717) is 17.1 Å². The Kier molecular flexibility index (Phi) is 6.90. The summed E-state index contributed by atoms with van der Waals surface area (Å²) in [7, 11) is 0. The predicted molar refractivity (Wildman–Crippen MR) is 87.5 cm³/mol. The van der Waals surface area contributed by atoms with Gasteiger partial charge in [-0.25, -0.2) is 0 Å². The van der Waals surface area contributed by atoms with Crippen molar-refractivity contribution < 1.29 is 0 Å². The molecule has 104 valence electrons. The minimum Gasteiger partial charge on any atom is -0.329 e. The fourth-order valence-electron chi connectivity index (χ4n) is 1.76. The zero-order valence-corrected chi connectivity index (χ0v) is 13.0. The molecule has 2 nitrogen and oxygen atoms in total. The van der Waals surface area contributed by atoms with E-state index in [4.69, 9.17) is 22.6 Å². The number of rotatable bonds is 4. The maximum absolute atomic E-state index is 9.13. The lowest BCUT2D eigenvalue weighted by molar-refractivity contribution is 0.940. The highest BCUT2D eigenvalue weighted by Gasteiger charge is 2.14. The second-order valence-corrected chi connectivity index (χ2v) is 5.69. The smallest absolute Gasteiger partial charge is 0.100 e. The summed E-state index contributed by atoms with van der Waals surface area (Å²) < 4.78 is 0. The predicted octanol–water partition coefficient (Wildman–Crippen LogP) is 4.43. The van der Waals surface area contributed by atoms with Gasteiger partial charge in [-0.2, -0.15) is 5.26 Å². The molecule has 0 heterocycles. The standard InChI is InChI=1S/C15H13ClN2S.ClH/c16-13-7-6-12(9-17)14(8-13)19-15(10-18)11-4-2-1-3-5-11;/h1-8,15H,10,18H2;1H/t15-;/m1./s1. The van der Waals surface area contributed by atoms with Gasteiger partial charge in [0.2, 0.25) is 0 Å². The normalized spacial score (nSPS) is 11.2. The van der Waals surface area contributed by atoms with Crippen molar-refractivity contribution in [1.82, 2.24) is 0 Å². The van der Waals surface area contributed by atoms with Gasteiger partial charge in [0.05, 0.1) is 5.56 Å². The molecule has 0 aliphatic heterocycles. The van der Waals surface area contributed by atoms with Crippen LogP contribution in [0, 0.1) is 11.3 Å². The Morgan fingerprint density at radius 3 is 2.50 bits per heavy atom. The average molecular weight is 325 g/mol. The fraction of sp³-hybridized carbons (Fsp3) is 0.133. The average Bonchev–Trinajstić information content (AvgIpc) is 2.46. The van der Waals surface area contributed by atoms with Crippen molar-refractivity contribution in [2.45, 2.75) is 10.1 Å². The second kappa shape index (κ2) is 8.18. The first kappa shape index (κ1) is 16.9. The first-order chi connectivity index (χ1) is 9.24. The van der Waals surface area contributed by atoms with E-state index in [1.807, 2.05) is 36.4 Å². The second-order valence-electron chi connectivity index (χ2n) is 4.01. The zero-order valence-electron chi connectivity index (χ0n) is 10.6. The lowest BCUT2D eigenvalue weighted by atomic mass is 10.1. The summed E-state index contributed by atoms with van der Waals surface area (Å²) >= 11 is 7.57. The van der Waals surface area contributed by atoms with E-state index in [-0.39, 0.29) is 17.7 Å². The Bertz CT molecular complexity index is 597. The van der Waals surface area contributed by atoms with Crippen LogP contribution in [-0.4, -0.2) is 6.54 Å². The number of hydrogen-bond donors (Lipinski definition) is 1. The Hall–Kier alpha value is -1.18. The molecule has 2 N–H and O–H groups in total. The third-order valence-corrected chi connectivity index (χ3v) is 4.29. The van der Waals surface area contributed by atoms with Crippen LogP contribution < -0.4 is 5.73 Å². The molecule has 2 rings (SSSR count). The topological polar surface area (TPSA) is 49.8 Å². The quantitative estimate of drug-likeness (QED) is 0.846. The van der Waals surface area contributed by atoms with Crippen molar-refractivity contribution in [2.75, 3.05) is 6.54 Å². The Balaban J connectivity index is 0.00000200. The van der Waals surface area contributed by atoms with Crippen molar-refractivity contribution in [3.8, 4) is 6.07 Å². The summed E-state index contributed by atoms with van der Waals surface area (Å²) in [6.45, 7) is 0.506. The molecule has 0 fully saturated rings. The minimum atomic E-state index is 0. The third-order valence-electron chi connectivity index (χ3n) is 2.72. The molecule has 20 heavy (non-hydrogen) atoms. The van der Waals surface area contributed by atoms with Crippen molar-refractivity contribution in [3.63, 3.8) is 0 Å². The van der Waals surface area contributed by atoms with Crippen LogP contribution in [0.25, 0.3) is 0 Å². The first-order valence-corrected chi connectivity index (χ1v) is 7.11. The molecule has 5 heteroatoms. The monoisotopic (exact) mass is 324 g/mol. The molecule has 2 aromatic rings. The molecule has 0 aliphatic carbocycles. The minimum absolute atomic E-state index is 0. The molecule has 0 aliphatic rings. The lowest BCUT2D eigenvalue weighted by Crippen LogP contribution is -2.09. The fourth-order valence-corrected chi connectivity index (χ4v) is 3.13. The van der Waals surface area contributed by atoms with Gasteiger partial charge in [0.15, 0.2) is 0 Å². The SMILES string of the molecule is Cl.N#Cc1ccc(Cl)cc1S[C@H](CN)c1ccccc1. The molecule has 0 amide bonds. The van der Waals surface area contributed by atoms with Crippen LogP contribution in [0.5, 0.6) is 0 Å². The number of thioether (sulfide) groups is 1. The van der Waals surface area contributed by atoms with Gasteiger partial charge in [0, 0.05) is 21.7 Å². The molecule has 0 spiro atoms. The number of nitriles is 1. The maximum Gasteiger partial charge on any atom is 0.100 e. The van der Waals surface area contributed by atoms with E-state index >= 15 is 0 Å². The van der Waals surface area contributed by atoms with Gasteiger partial charge in [-0.1, -0.05) is 41.9 Å². The Labute approximate surface area is 134 Å². The molecule has 0 radical (unpaired) electrons. The molecule has 2 aromatic carbocycles. The van der Waals surface area contributed by atoms with Crippen LogP contribution in [0.1, 0.15) is 16.4 Å².